The summed E-state index contributed by atoms with van der Waals surface area (Å²) in [5.41, 5.74) is 1.60. The summed E-state index contributed by atoms with van der Waals surface area (Å²) in [6, 6.07) is 16.5. The van der Waals surface area contributed by atoms with Crippen LogP contribution >= 0.6 is 0 Å². The molecule has 26 heavy (non-hydrogen) atoms. The van der Waals surface area contributed by atoms with Crippen LogP contribution in [-0.2, 0) is 4.79 Å². The number of benzene rings is 2. The molecule has 0 aromatic heterocycles. The van der Waals surface area contributed by atoms with E-state index in [2.05, 4.69) is 10.6 Å². The third kappa shape index (κ3) is 4.53. The molecule has 6 heteroatoms. The number of nitrogens with zero attached hydrogens (tertiary/aromatic N) is 1. The standard InChI is InChI=1S/C20H23N3O3/c1-2-26-18-10-8-16(9-11-18)22-20(25)21-13-15-12-19(24)23(14-15)17-6-4-3-5-7-17/h3-11,15H,2,12-14H2,1H3,(H2,21,22,25). The molecule has 1 aliphatic rings. The van der Waals surface area contributed by atoms with Crippen LogP contribution in [0.5, 0.6) is 5.75 Å². The maximum atomic E-state index is 12.2. The number of hydrogen-bond donors (Lipinski definition) is 2. The highest BCUT2D eigenvalue weighted by Gasteiger charge is 2.30. The lowest BCUT2D eigenvalue weighted by atomic mass is 10.1. The van der Waals surface area contributed by atoms with E-state index in [4.69, 9.17) is 4.74 Å². The summed E-state index contributed by atoms with van der Waals surface area (Å²) in [4.78, 5) is 26.0. The maximum Gasteiger partial charge on any atom is 0.319 e. The van der Waals surface area contributed by atoms with E-state index in [1.165, 1.54) is 0 Å². The second-order valence-electron chi connectivity index (χ2n) is 6.20. The predicted molar refractivity (Wildman–Crippen MR) is 102 cm³/mol. The van der Waals surface area contributed by atoms with Crippen LogP contribution in [0.2, 0.25) is 0 Å². The number of carbonyl (C=O) groups is 2. The van der Waals surface area contributed by atoms with E-state index < -0.39 is 0 Å². The van der Waals surface area contributed by atoms with Crippen LogP contribution in [0.4, 0.5) is 16.2 Å². The summed E-state index contributed by atoms with van der Waals surface area (Å²) in [7, 11) is 0. The first-order chi connectivity index (χ1) is 12.7. The van der Waals surface area contributed by atoms with Gasteiger partial charge in [-0.3, -0.25) is 4.79 Å². The summed E-state index contributed by atoms with van der Waals surface area (Å²) in [6.07, 6.45) is 0.443. The molecular weight excluding hydrogens is 330 g/mol. The average molecular weight is 353 g/mol. The van der Waals surface area contributed by atoms with Crippen LogP contribution in [0.3, 0.4) is 0 Å². The largest absolute Gasteiger partial charge is 0.494 e. The fourth-order valence-corrected chi connectivity index (χ4v) is 2.99. The lowest BCUT2D eigenvalue weighted by Gasteiger charge is -2.17. The van der Waals surface area contributed by atoms with Gasteiger partial charge in [-0.25, -0.2) is 4.79 Å². The first-order valence-electron chi connectivity index (χ1n) is 8.79. The molecule has 2 aromatic rings. The van der Waals surface area contributed by atoms with E-state index in [0.29, 0.717) is 31.8 Å². The van der Waals surface area contributed by atoms with Crippen molar-refractivity contribution in [3.05, 3.63) is 54.6 Å². The molecule has 0 spiro atoms. The molecule has 2 N–H and O–H groups in total. The molecule has 0 radical (unpaired) electrons. The Labute approximate surface area is 153 Å². The number of hydrogen-bond acceptors (Lipinski definition) is 3. The van der Waals surface area contributed by atoms with Gasteiger partial charge in [0.15, 0.2) is 0 Å². The molecule has 6 nitrogen and oxygen atoms in total. The highest BCUT2D eigenvalue weighted by molar-refractivity contribution is 5.96. The van der Waals surface area contributed by atoms with Gasteiger partial charge in [0.05, 0.1) is 6.61 Å². The Morgan fingerprint density at radius 1 is 1.15 bits per heavy atom. The van der Waals surface area contributed by atoms with Gasteiger partial charge in [0.25, 0.3) is 0 Å². The van der Waals surface area contributed by atoms with E-state index >= 15 is 0 Å². The molecule has 1 aliphatic heterocycles. The van der Waals surface area contributed by atoms with E-state index in [1.54, 1.807) is 17.0 Å². The lowest BCUT2D eigenvalue weighted by Crippen LogP contribution is -2.34. The van der Waals surface area contributed by atoms with Gasteiger partial charge in [0.2, 0.25) is 5.91 Å². The predicted octanol–water partition coefficient (Wildman–Crippen LogP) is 3.26. The summed E-state index contributed by atoms with van der Waals surface area (Å²) in [5.74, 6) is 0.965. The number of urea groups is 1. The molecule has 0 aliphatic carbocycles. The number of para-hydroxylation sites is 1. The smallest absolute Gasteiger partial charge is 0.319 e. The van der Waals surface area contributed by atoms with Crippen LogP contribution in [0.1, 0.15) is 13.3 Å². The highest BCUT2D eigenvalue weighted by Crippen LogP contribution is 2.24. The van der Waals surface area contributed by atoms with Gasteiger partial charge in [0.1, 0.15) is 5.75 Å². The first kappa shape index (κ1) is 17.8. The van der Waals surface area contributed by atoms with Gasteiger partial charge >= 0.3 is 6.03 Å². The van der Waals surface area contributed by atoms with Gasteiger partial charge < -0.3 is 20.3 Å². The van der Waals surface area contributed by atoms with Crippen LogP contribution in [-0.4, -0.2) is 31.6 Å². The van der Waals surface area contributed by atoms with Crippen molar-refractivity contribution in [3.8, 4) is 5.75 Å². The molecule has 0 saturated carbocycles. The Hall–Kier alpha value is -3.02. The van der Waals surface area contributed by atoms with Gasteiger partial charge in [-0.1, -0.05) is 18.2 Å². The zero-order chi connectivity index (χ0) is 18.4. The minimum Gasteiger partial charge on any atom is -0.494 e. The minimum atomic E-state index is -0.278. The average Bonchev–Trinajstić information content (AvgIpc) is 3.03. The van der Waals surface area contributed by atoms with Gasteiger partial charge in [-0.2, -0.15) is 0 Å². The topological polar surface area (TPSA) is 70.7 Å². The van der Waals surface area contributed by atoms with Crippen molar-refractivity contribution >= 4 is 23.3 Å². The van der Waals surface area contributed by atoms with E-state index in [1.807, 2.05) is 49.4 Å². The second-order valence-corrected chi connectivity index (χ2v) is 6.20. The summed E-state index contributed by atoms with van der Waals surface area (Å²) in [6.45, 7) is 3.60. The van der Waals surface area contributed by atoms with Crippen molar-refractivity contribution in [1.29, 1.82) is 0 Å². The first-order valence-corrected chi connectivity index (χ1v) is 8.79. The Morgan fingerprint density at radius 3 is 2.58 bits per heavy atom. The Kier molecular flexibility index (Phi) is 5.73. The fraction of sp³-hybridized carbons (Fsp3) is 0.300. The number of rotatable bonds is 6. The zero-order valence-electron chi connectivity index (χ0n) is 14.8. The summed E-state index contributed by atoms with van der Waals surface area (Å²) in [5, 5.41) is 5.63. The molecule has 1 unspecified atom stereocenters. The fourth-order valence-electron chi connectivity index (χ4n) is 2.99. The third-order valence-electron chi connectivity index (χ3n) is 4.25. The quantitative estimate of drug-likeness (QED) is 0.837. The third-order valence-corrected chi connectivity index (χ3v) is 4.25. The molecule has 1 heterocycles. The molecule has 3 rings (SSSR count). The van der Waals surface area contributed by atoms with Crippen LogP contribution in [0.25, 0.3) is 0 Å². The number of amides is 3. The Morgan fingerprint density at radius 2 is 1.88 bits per heavy atom. The SMILES string of the molecule is CCOc1ccc(NC(=O)NCC2CC(=O)N(c3ccccc3)C2)cc1. The lowest BCUT2D eigenvalue weighted by molar-refractivity contribution is -0.117. The van der Waals surface area contributed by atoms with Crippen molar-refractivity contribution in [3.63, 3.8) is 0 Å². The molecule has 3 amide bonds. The van der Waals surface area contributed by atoms with Gasteiger partial charge in [-0.05, 0) is 43.3 Å². The second kappa shape index (κ2) is 8.38. The maximum absolute atomic E-state index is 12.2. The van der Waals surface area contributed by atoms with Crippen molar-refractivity contribution < 1.29 is 14.3 Å². The normalized spacial score (nSPS) is 16.4. The number of nitrogens with one attached hydrogen (secondary N) is 2. The molecular formula is C20H23N3O3. The minimum absolute atomic E-state index is 0.0925. The van der Waals surface area contributed by atoms with E-state index in [9.17, 15) is 9.59 Å². The van der Waals surface area contributed by atoms with Crippen LogP contribution in [0.15, 0.2) is 54.6 Å². The van der Waals surface area contributed by atoms with Crippen molar-refractivity contribution in [2.45, 2.75) is 13.3 Å². The van der Waals surface area contributed by atoms with E-state index in [-0.39, 0.29) is 17.9 Å². The zero-order valence-corrected chi connectivity index (χ0v) is 14.8. The van der Waals surface area contributed by atoms with Crippen molar-refractivity contribution in [1.82, 2.24) is 5.32 Å². The molecule has 1 saturated heterocycles. The van der Waals surface area contributed by atoms with Crippen molar-refractivity contribution in [2.75, 3.05) is 29.9 Å². The molecule has 1 fully saturated rings. The molecule has 136 valence electrons. The monoisotopic (exact) mass is 353 g/mol. The van der Waals surface area contributed by atoms with Crippen molar-refractivity contribution in [2.24, 2.45) is 5.92 Å². The Bertz CT molecular complexity index is 747. The van der Waals surface area contributed by atoms with Gasteiger partial charge in [0, 0.05) is 36.8 Å². The summed E-state index contributed by atoms with van der Waals surface area (Å²) >= 11 is 0. The highest BCUT2D eigenvalue weighted by atomic mass is 16.5. The number of carbonyl (C=O) groups excluding carboxylic acids is 2. The number of ether oxygens (including phenoxy) is 1. The molecule has 2 aromatic carbocycles. The van der Waals surface area contributed by atoms with Gasteiger partial charge in [-0.15, -0.1) is 0 Å². The Balaban J connectivity index is 1.47. The van der Waals surface area contributed by atoms with E-state index in [0.717, 1.165) is 11.4 Å². The summed E-state index contributed by atoms with van der Waals surface area (Å²) < 4.78 is 5.37. The van der Waals surface area contributed by atoms with Crippen LogP contribution in [0, 0.1) is 5.92 Å². The van der Waals surface area contributed by atoms with Crippen LogP contribution < -0.4 is 20.3 Å². The molecule has 1 atom stereocenters. The molecule has 0 bridgehead atoms. The number of anilines is 2.